The number of hydrogen-bond donors (Lipinski definition) is 0. The fraction of sp³-hybridized carbons (Fsp3) is 0.693. The number of carbonyl (C=O) groups excluding carboxylic acids is 3. The van der Waals surface area contributed by atoms with Gasteiger partial charge in [-0.15, -0.1) is 0 Å². The first kappa shape index (κ1) is 76.8. The summed E-state index contributed by atoms with van der Waals surface area (Å²) in [6, 6.07) is 0. The van der Waals surface area contributed by atoms with Crippen molar-refractivity contribution in [3.05, 3.63) is 122 Å². The molecule has 0 N–H and O–H groups in total. The first-order valence-electron chi connectivity index (χ1n) is 34.0. The molecule has 0 spiro atoms. The molecule has 1 unspecified atom stereocenters. The van der Waals surface area contributed by atoms with E-state index in [2.05, 4.69) is 142 Å². The van der Waals surface area contributed by atoms with E-state index in [9.17, 15) is 14.4 Å². The van der Waals surface area contributed by atoms with Crippen molar-refractivity contribution in [2.75, 3.05) is 13.2 Å². The molecule has 0 fully saturated rings. The van der Waals surface area contributed by atoms with E-state index < -0.39 is 6.10 Å². The second kappa shape index (κ2) is 68.3. The van der Waals surface area contributed by atoms with Crippen molar-refractivity contribution in [1.29, 1.82) is 0 Å². The minimum Gasteiger partial charge on any atom is -0.462 e. The summed E-state index contributed by atoms with van der Waals surface area (Å²) in [6.07, 6.45) is 95.1. The minimum absolute atomic E-state index is 0.0899. The quantitative estimate of drug-likeness (QED) is 0.0261. The summed E-state index contributed by atoms with van der Waals surface area (Å²) in [5, 5.41) is 0. The topological polar surface area (TPSA) is 78.9 Å². The van der Waals surface area contributed by atoms with Crippen LogP contribution in [0.15, 0.2) is 122 Å². The van der Waals surface area contributed by atoms with Gasteiger partial charge in [0.2, 0.25) is 0 Å². The van der Waals surface area contributed by atoms with Crippen molar-refractivity contribution in [1.82, 2.24) is 0 Å². The van der Waals surface area contributed by atoms with E-state index in [1.165, 1.54) is 141 Å². The predicted octanol–water partition coefficient (Wildman–Crippen LogP) is 23.6. The lowest BCUT2D eigenvalue weighted by atomic mass is 10.0. The molecule has 0 heterocycles. The van der Waals surface area contributed by atoms with E-state index >= 15 is 0 Å². The first-order chi connectivity index (χ1) is 40.0. The van der Waals surface area contributed by atoms with Gasteiger partial charge in [-0.25, -0.2) is 0 Å². The Labute approximate surface area is 501 Å². The molecule has 6 heteroatoms. The number of hydrogen-bond acceptors (Lipinski definition) is 6. The van der Waals surface area contributed by atoms with E-state index in [1.807, 2.05) is 0 Å². The molecule has 0 saturated carbocycles. The average Bonchev–Trinajstić information content (AvgIpc) is 3.46. The molecule has 462 valence electrons. The van der Waals surface area contributed by atoms with Crippen molar-refractivity contribution in [3.63, 3.8) is 0 Å². The Morgan fingerprint density at radius 1 is 0.259 bits per heavy atom. The second-order valence-electron chi connectivity index (χ2n) is 22.3. The molecule has 0 aliphatic carbocycles. The highest BCUT2D eigenvalue weighted by Gasteiger charge is 2.19. The Hall–Kier alpha value is -4.19. The predicted molar refractivity (Wildman–Crippen MR) is 353 cm³/mol. The van der Waals surface area contributed by atoms with Crippen LogP contribution >= 0.6 is 0 Å². The van der Waals surface area contributed by atoms with Gasteiger partial charge in [-0.2, -0.15) is 0 Å². The highest BCUT2D eigenvalue weighted by Crippen LogP contribution is 2.17. The van der Waals surface area contributed by atoms with E-state index in [0.29, 0.717) is 19.3 Å². The first-order valence-corrected chi connectivity index (χ1v) is 34.0. The number of unbranched alkanes of at least 4 members (excludes halogenated alkanes) is 30. The molecule has 0 aliphatic rings. The van der Waals surface area contributed by atoms with Crippen molar-refractivity contribution in [2.45, 2.75) is 322 Å². The van der Waals surface area contributed by atoms with Gasteiger partial charge in [-0.1, -0.05) is 290 Å². The van der Waals surface area contributed by atoms with Crippen LogP contribution in [-0.4, -0.2) is 37.2 Å². The lowest BCUT2D eigenvalue weighted by Crippen LogP contribution is -2.30. The van der Waals surface area contributed by atoms with Gasteiger partial charge in [0.05, 0.1) is 0 Å². The lowest BCUT2D eigenvalue weighted by molar-refractivity contribution is -0.167. The van der Waals surface area contributed by atoms with Gasteiger partial charge in [0.1, 0.15) is 13.2 Å². The molecule has 0 radical (unpaired) electrons. The van der Waals surface area contributed by atoms with E-state index in [-0.39, 0.29) is 31.1 Å². The van der Waals surface area contributed by atoms with Crippen LogP contribution in [0.1, 0.15) is 316 Å². The molecule has 0 bridgehead atoms. The Morgan fingerprint density at radius 2 is 0.481 bits per heavy atom. The molecule has 0 aromatic carbocycles. The Bertz CT molecular complexity index is 1670. The number of carbonyl (C=O) groups is 3. The van der Waals surface area contributed by atoms with Crippen LogP contribution in [0.2, 0.25) is 0 Å². The zero-order valence-corrected chi connectivity index (χ0v) is 53.0. The number of esters is 3. The minimum atomic E-state index is -0.796. The third-order valence-corrected chi connectivity index (χ3v) is 14.4. The molecule has 0 aromatic heterocycles. The number of ether oxygens (including phenoxy) is 3. The molecule has 81 heavy (non-hydrogen) atoms. The fourth-order valence-electron chi connectivity index (χ4n) is 9.40. The average molecular weight is 1120 g/mol. The van der Waals surface area contributed by atoms with Crippen LogP contribution in [0.25, 0.3) is 0 Å². The van der Waals surface area contributed by atoms with Crippen LogP contribution in [0, 0.1) is 0 Å². The normalized spacial score (nSPS) is 12.9. The van der Waals surface area contributed by atoms with Crippen LogP contribution in [0.5, 0.6) is 0 Å². The molecule has 0 amide bonds. The molecule has 1 atom stereocenters. The van der Waals surface area contributed by atoms with Crippen molar-refractivity contribution >= 4 is 17.9 Å². The maximum Gasteiger partial charge on any atom is 0.306 e. The summed E-state index contributed by atoms with van der Waals surface area (Å²) < 4.78 is 16.9. The molecule has 6 nitrogen and oxygen atoms in total. The third kappa shape index (κ3) is 66.5. The Morgan fingerprint density at radius 3 is 0.765 bits per heavy atom. The Balaban J connectivity index is 4.21. The zero-order valence-electron chi connectivity index (χ0n) is 53.0. The maximum absolute atomic E-state index is 12.9. The maximum atomic E-state index is 12.9. The van der Waals surface area contributed by atoms with Gasteiger partial charge in [-0.05, 0) is 128 Å². The van der Waals surface area contributed by atoms with Crippen molar-refractivity contribution in [3.8, 4) is 0 Å². The lowest BCUT2D eigenvalue weighted by Gasteiger charge is -2.18. The largest absolute Gasteiger partial charge is 0.462 e. The van der Waals surface area contributed by atoms with E-state index in [1.54, 1.807) is 0 Å². The highest BCUT2D eigenvalue weighted by atomic mass is 16.6. The molecule has 0 saturated heterocycles. The van der Waals surface area contributed by atoms with E-state index in [0.717, 1.165) is 135 Å². The number of rotatable bonds is 61. The SMILES string of the molecule is CC/C=C\C/C=C\C/C=C\C/C=C\C/C=C\CCCCCCCCCCCCCCCCCCCC(=O)OCC(COC(=O)CCCCCCC/C=C\CCCCCC)OC(=O)CCCCCC/C=C\C/C=C\C/C=C\C/C=C\CC. The molecule has 0 aliphatic heterocycles. The zero-order chi connectivity index (χ0) is 58.5. The second-order valence-corrected chi connectivity index (χ2v) is 22.3. The van der Waals surface area contributed by atoms with Crippen LogP contribution < -0.4 is 0 Å². The smallest absolute Gasteiger partial charge is 0.306 e. The van der Waals surface area contributed by atoms with Gasteiger partial charge in [-0.3, -0.25) is 14.4 Å². The summed E-state index contributed by atoms with van der Waals surface area (Å²) in [5.74, 6) is -0.914. The van der Waals surface area contributed by atoms with Gasteiger partial charge in [0.25, 0.3) is 0 Å². The van der Waals surface area contributed by atoms with Crippen LogP contribution in [0.4, 0.5) is 0 Å². The summed E-state index contributed by atoms with van der Waals surface area (Å²) in [5.41, 5.74) is 0. The van der Waals surface area contributed by atoms with Gasteiger partial charge < -0.3 is 14.2 Å². The van der Waals surface area contributed by atoms with Crippen LogP contribution in [0.3, 0.4) is 0 Å². The highest BCUT2D eigenvalue weighted by molar-refractivity contribution is 5.71. The van der Waals surface area contributed by atoms with Gasteiger partial charge in [0, 0.05) is 19.3 Å². The van der Waals surface area contributed by atoms with Crippen LogP contribution in [-0.2, 0) is 28.6 Å². The van der Waals surface area contributed by atoms with E-state index in [4.69, 9.17) is 14.2 Å². The molecular formula is C75H126O6. The molecule has 0 rings (SSSR count). The number of allylic oxidation sites excluding steroid dienone is 20. The van der Waals surface area contributed by atoms with Crippen molar-refractivity contribution < 1.29 is 28.6 Å². The monoisotopic (exact) mass is 1120 g/mol. The molecule has 0 aromatic rings. The summed E-state index contributed by atoms with van der Waals surface area (Å²) in [4.78, 5) is 38.3. The fourth-order valence-corrected chi connectivity index (χ4v) is 9.40. The summed E-state index contributed by atoms with van der Waals surface area (Å²) in [6.45, 7) is 6.39. The van der Waals surface area contributed by atoms with Gasteiger partial charge in [0.15, 0.2) is 6.10 Å². The summed E-state index contributed by atoms with van der Waals surface area (Å²) in [7, 11) is 0. The Kier molecular flexibility index (Phi) is 64.8. The summed E-state index contributed by atoms with van der Waals surface area (Å²) >= 11 is 0. The van der Waals surface area contributed by atoms with Crippen molar-refractivity contribution in [2.24, 2.45) is 0 Å². The third-order valence-electron chi connectivity index (χ3n) is 14.4. The van der Waals surface area contributed by atoms with Gasteiger partial charge >= 0.3 is 17.9 Å². The standard InChI is InChI=1S/C75H126O6/c1-4-7-10-13-16-19-22-25-27-29-30-31-32-33-34-35-36-37-38-39-40-41-42-43-44-46-47-50-53-56-59-62-65-68-74(77)80-71-72(70-79-73(76)67-64-61-58-55-52-49-24-21-18-15-12-9-6-3)81-75(78)69-66-63-60-57-54-51-48-45-28-26-23-20-17-14-11-8-5-2/h7-8,10-11,16-17,19-21,24-28,30-31,33-34,48,51,72H,4-6,9,12-15,18,22-23,29,32,35-47,49-50,52-71H2,1-3H3/b10-7-,11-8-,19-16-,20-17-,24-21-,27-25-,28-26-,31-30-,34-33-,51-48-. The molecular weight excluding hydrogens is 997 g/mol.